The summed E-state index contributed by atoms with van der Waals surface area (Å²) in [5.41, 5.74) is 0. The van der Waals surface area contributed by atoms with Crippen molar-refractivity contribution in [2.24, 2.45) is 11.8 Å². The molecule has 3 atom stereocenters. The van der Waals surface area contributed by atoms with Crippen molar-refractivity contribution in [3.63, 3.8) is 0 Å². The average Bonchev–Trinajstić information content (AvgIpc) is 2.18. The molecule has 0 aromatic rings. The van der Waals surface area contributed by atoms with E-state index in [0.717, 1.165) is 31.5 Å². The monoisotopic (exact) mass is 197 g/mol. The zero-order chi connectivity index (χ0) is 9.97. The molecule has 0 bridgehead atoms. The summed E-state index contributed by atoms with van der Waals surface area (Å²) in [6, 6.07) is 0. The molecule has 0 amide bonds. The lowest BCUT2D eigenvalue weighted by Crippen LogP contribution is -2.44. The second-order valence-corrected chi connectivity index (χ2v) is 5.20. The molecular formula is C12H23NO. The SMILES string of the molecule is CC1CCCC(C2CN(C)CCO2)C1. The molecular weight excluding hydrogens is 174 g/mol. The molecule has 1 saturated heterocycles. The van der Waals surface area contributed by atoms with Crippen molar-refractivity contribution in [2.45, 2.75) is 38.7 Å². The topological polar surface area (TPSA) is 12.5 Å². The van der Waals surface area contributed by atoms with E-state index < -0.39 is 0 Å². The maximum Gasteiger partial charge on any atom is 0.0730 e. The zero-order valence-electron chi connectivity index (χ0n) is 9.54. The van der Waals surface area contributed by atoms with Crippen molar-refractivity contribution in [2.75, 3.05) is 26.7 Å². The van der Waals surface area contributed by atoms with Crippen molar-refractivity contribution in [3.05, 3.63) is 0 Å². The van der Waals surface area contributed by atoms with Gasteiger partial charge in [-0.15, -0.1) is 0 Å². The van der Waals surface area contributed by atoms with Crippen LogP contribution in [0.4, 0.5) is 0 Å². The van der Waals surface area contributed by atoms with Gasteiger partial charge < -0.3 is 9.64 Å². The predicted molar refractivity (Wildman–Crippen MR) is 58.4 cm³/mol. The maximum atomic E-state index is 5.89. The van der Waals surface area contributed by atoms with Crippen LogP contribution >= 0.6 is 0 Å². The molecule has 0 spiro atoms. The largest absolute Gasteiger partial charge is 0.375 e. The highest BCUT2D eigenvalue weighted by atomic mass is 16.5. The number of hydrogen-bond donors (Lipinski definition) is 0. The Kier molecular flexibility index (Phi) is 3.45. The van der Waals surface area contributed by atoms with Gasteiger partial charge in [-0.2, -0.15) is 0 Å². The minimum absolute atomic E-state index is 0.525. The minimum Gasteiger partial charge on any atom is -0.375 e. The molecule has 1 heterocycles. The number of nitrogens with zero attached hydrogens (tertiary/aromatic N) is 1. The van der Waals surface area contributed by atoms with Gasteiger partial charge in [-0.1, -0.05) is 19.8 Å². The van der Waals surface area contributed by atoms with Crippen molar-refractivity contribution in [1.82, 2.24) is 4.90 Å². The maximum absolute atomic E-state index is 5.89. The molecule has 0 aromatic heterocycles. The van der Waals surface area contributed by atoms with E-state index in [9.17, 15) is 0 Å². The first-order chi connectivity index (χ1) is 6.75. The Morgan fingerprint density at radius 3 is 2.86 bits per heavy atom. The van der Waals surface area contributed by atoms with Crippen LogP contribution in [0.5, 0.6) is 0 Å². The zero-order valence-corrected chi connectivity index (χ0v) is 9.54. The lowest BCUT2D eigenvalue weighted by atomic mass is 9.79. The molecule has 1 saturated carbocycles. The normalized spacial score (nSPS) is 41.1. The predicted octanol–water partition coefficient (Wildman–Crippen LogP) is 2.14. The number of ether oxygens (including phenoxy) is 1. The summed E-state index contributed by atoms with van der Waals surface area (Å²) >= 11 is 0. The van der Waals surface area contributed by atoms with E-state index in [-0.39, 0.29) is 0 Å². The van der Waals surface area contributed by atoms with Crippen LogP contribution in [0.15, 0.2) is 0 Å². The smallest absolute Gasteiger partial charge is 0.0730 e. The molecule has 3 unspecified atom stereocenters. The van der Waals surface area contributed by atoms with Crippen molar-refractivity contribution < 1.29 is 4.74 Å². The lowest BCUT2D eigenvalue weighted by molar-refractivity contribution is -0.0616. The van der Waals surface area contributed by atoms with E-state index in [1.54, 1.807) is 0 Å². The molecule has 2 nitrogen and oxygen atoms in total. The van der Waals surface area contributed by atoms with Crippen molar-refractivity contribution in [1.29, 1.82) is 0 Å². The summed E-state index contributed by atoms with van der Waals surface area (Å²) < 4.78 is 5.89. The van der Waals surface area contributed by atoms with Gasteiger partial charge >= 0.3 is 0 Å². The third-order valence-electron chi connectivity index (χ3n) is 3.80. The quantitative estimate of drug-likeness (QED) is 0.638. The van der Waals surface area contributed by atoms with Crippen LogP contribution < -0.4 is 0 Å². The number of morpholine rings is 1. The summed E-state index contributed by atoms with van der Waals surface area (Å²) in [6.07, 6.45) is 6.15. The molecule has 2 fully saturated rings. The molecule has 82 valence electrons. The Balaban J connectivity index is 1.86. The third kappa shape index (κ3) is 2.48. The van der Waals surface area contributed by atoms with Crippen LogP contribution in [-0.2, 0) is 4.74 Å². The second kappa shape index (κ2) is 4.63. The fourth-order valence-corrected chi connectivity index (χ4v) is 2.91. The summed E-state index contributed by atoms with van der Waals surface area (Å²) in [5, 5.41) is 0. The lowest BCUT2D eigenvalue weighted by Gasteiger charge is -2.38. The highest BCUT2D eigenvalue weighted by Gasteiger charge is 2.29. The Morgan fingerprint density at radius 1 is 1.29 bits per heavy atom. The number of rotatable bonds is 1. The van der Waals surface area contributed by atoms with Gasteiger partial charge in [-0.25, -0.2) is 0 Å². The first-order valence-electron chi connectivity index (χ1n) is 6.06. The molecule has 14 heavy (non-hydrogen) atoms. The van der Waals surface area contributed by atoms with Gasteiger partial charge in [0.25, 0.3) is 0 Å². The minimum atomic E-state index is 0.525. The van der Waals surface area contributed by atoms with Crippen molar-refractivity contribution in [3.8, 4) is 0 Å². The fourth-order valence-electron chi connectivity index (χ4n) is 2.91. The van der Waals surface area contributed by atoms with Crippen LogP contribution in [-0.4, -0.2) is 37.7 Å². The van der Waals surface area contributed by atoms with Gasteiger partial charge in [0, 0.05) is 13.1 Å². The molecule has 0 N–H and O–H groups in total. The van der Waals surface area contributed by atoms with Gasteiger partial charge in [0.2, 0.25) is 0 Å². The summed E-state index contributed by atoms with van der Waals surface area (Å²) in [5.74, 6) is 1.76. The van der Waals surface area contributed by atoms with Crippen LogP contribution in [0.25, 0.3) is 0 Å². The third-order valence-corrected chi connectivity index (χ3v) is 3.80. The molecule has 2 aliphatic rings. The number of hydrogen-bond acceptors (Lipinski definition) is 2. The van der Waals surface area contributed by atoms with Gasteiger partial charge in [-0.05, 0) is 31.7 Å². The Bertz CT molecular complexity index is 163. The average molecular weight is 197 g/mol. The summed E-state index contributed by atoms with van der Waals surface area (Å²) in [7, 11) is 2.21. The molecule has 0 radical (unpaired) electrons. The Hall–Kier alpha value is -0.0800. The van der Waals surface area contributed by atoms with E-state index in [4.69, 9.17) is 4.74 Å². The molecule has 1 aliphatic heterocycles. The Labute approximate surface area is 87.6 Å². The highest BCUT2D eigenvalue weighted by Crippen LogP contribution is 2.32. The molecule has 2 heteroatoms. The molecule has 2 rings (SSSR count). The van der Waals surface area contributed by atoms with Crippen LogP contribution in [0.1, 0.15) is 32.6 Å². The highest BCUT2D eigenvalue weighted by molar-refractivity contribution is 4.81. The molecule has 0 aromatic carbocycles. The van der Waals surface area contributed by atoms with Crippen molar-refractivity contribution >= 4 is 0 Å². The van der Waals surface area contributed by atoms with Gasteiger partial charge in [0.05, 0.1) is 12.7 Å². The van der Waals surface area contributed by atoms with E-state index in [0.29, 0.717) is 6.10 Å². The first kappa shape index (κ1) is 10.4. The Morgan fingerprint density at radius 2 is 2.14 bits per heavy atom. The van der Waals surface area contributed by atoms with Gasteiger partial charge in [0.15, 0.2) is 0 Å². The summed E-state index contributed by atoms with van der Waals surface area (Å²) in [4.78, 5) is 2.41. The first-order valence-corrected chi connectivity index (χ1v) is 6.06. The standard InChI is InChI=1S/C12H23NO/c1-10-4-3-5-11(8-10)12-9-13(2)6-7-14-12/h10-12H,3-9H2,1-2H3. The second-order valence-electron chi connectivity index (χ2n) is 5.20. The van der Waals surface area contributed by atoms with E-state index >= 15 is 0 Å². The van der Waals surface area contributed by atoms with Gasteiger partial charge in [-0.3, -0.25) is 0 Å². The van der Waals surface area contributed by atoms with E-state index in [2.05, 4.69) is 18.9 Å². The summed E-state index contributed by atoms with van der Waals surface area (Å²) in [6.45, 7) is 5.58. The van der Waals surface area contributed by atoms with Gasteiger partial charge in [0.1, 0.15) is 0 Å². The van der Waals surface area contributed by atoms with Crippen LogP contribution in [0.3, 0.4) is 0 Å². The number of likely N-dealkylation sites (N-methyl/N-ethyl adjacent to an activating group) is 1. The van der Waals surface area contributed by atoms with Crippen LogP contribution in [0.2, 0.25) is 0 Å². The molecule has 1 aliphatic carbocycles. The van der Waals surface area contributed by atoms with Crippen LogP contribution in [0, 0.1) is 11.8 Å². The fraction of sp³-hybridized carbons (Fsp3) is 1.00. The van der Waals surface area contributed by atoms with E-state index in [1.807, 2.05) is 0 Å². The van der Waals surface area contributed by atoms with E-state index in [1.165, 1.54) is 25.7 Å².